The second-order valence-corrected chi connectivity index (χ2v) is 2.78. The van der Waals surface area contributed by atoms with E-state index in [2.05, 4.69) is 18.4 Å². The van der Waals surface area contributed by atoms with Crippen molar-refractivity contribution >= 4 is 0 Å². The highest BCUT2D eigenvalue weighted by Crippen LogP contribution is 1.99. The summed E-state index contributed by atoms with van der Waals surface area (Å²) in [5, 5.41) is 17.2. The van der Waals surface area contributed by atoms with Gasteiger partial charge in [-0.1, -0.05) is 6.92 Å². The third-order valence-electron chi connectivity index (χ3n) is 1.65. The van der Waals surface area contributed by atoms with Crippen LogP contribution in [0.5, 0.6) is 0 Å². The van der Waals surface area contributed by atoms with Gasteiger partial charge in [-0.15, -0.1) is 0 Å². The first-order valence-corrected chi connectivity index (χ1v) is 4.64. The van der Waals surface area contributed by atoms with Crippen molar-refractivity contribution in [2.45, 2.75) is 26.2 Å². The number of hydrogen-bond acceptors (Lipinski definition) is 3. The van der Waals surface area contributed by atoms with Gasteiger partial charge in [0, 0.05) is 32.8 Å². The Balaban J connectivity index is 3.40. The van der Waals surface area contributed by atoms with E-state index in [1.54, 1.807) is 0 Å². The van der Waals surface area contributed by atoms with Crippen LogP contribution in [0.3, 0.4) is 0 Å². The summed E-state index contributed by atoms with van der Waals surface area (Å²) in [6.45, 7) is 6.48. The van der Waals surface area contributed by atoms with E-state index >= 15 is 0 Å². The van der Waals surface area contributed by atoms with Crippen LogP contribution in [0.15, 0.2) is 0 Å². The number of rotatable bonds is 8. The maximum Gasteiger partial charge on any atom is 0.0443 e. The Morgan fingerprint density at radius 2 is 1.58 bits per heavy atom. The molecule has 1 radical (unpaired) electrons. The van der Waals surface area contributed by atoms with Gasteiger partial charge in [0.1, 0.15) is 0 Å². The van der Waals surface area contributed by atoms with E-state index in [1.807, 2.05) is 0 Å². The van der Waals surface area contributed by atoms with Crippen LogP contribution in [0.25, 0.3) is 0 Å². The lowest BCUT2D eigenvalue weighted by atomic mass is 10.3. The highest BCUT2D eigenvalue weighted by Gasteiger charge is 2.01. The number of hydrogen-bond donors (Lipinski definition) is 2. The molecular formula is C9H20NO2. The van der Waals surface area contributed by atoms with E-state index in [-0.39, 0.29) is 13.2 Å². The van der Waals surface area contributed by atoms with Crippen molar-refractivity contribution in [3.63, 3.8) is 0 Å². The van der Waals surface area contributed by atoms with E-state index in [0.717, 1.165) is 32.4 Å². The predicted octanol–water partition coefficient (Wildman–Crippen LogP) is 0.625. The molecule has 0 aromatic rings. The number of nitrogens with zero attached hydrogens (tertiary/aromatic N) is 1. The molecule has 0 bridgehead atoms. The van der Waals surface area contributed by atoms with E-state index in [9.17, 15) is 0 Å². The molecule has 2 N–H and O–H groups in total. The SMILES string of the molecule is CC[CH]N(CCCO)CCCO. The summed E-state index contributed by atoms with van der Waals surface area (Å²) in [6, 6.07) is 0. The molecule has 73 valence electrons. The average molecular weight is 174 g/mol. The molecule has 0 aromatic heterocycles. The van der Waals surface area contributed by atoms with Crippen LogP contribution in [-0.2, 0) is 0 Å². The summed E-state index contributed by atoms with van der Waals surface area (Å²) < 4.78 is 0. The maximum atomic E-state index is 8.62. The first-order chi connectivity index (χ1) is 5.85. The molecule has 0 atom stereocenters. The van der Waals surface area contributed by atoms with Crippen molar-refractivity contribution in [3.05, 3.63) is 6.54 Å². The Bertz CT molecular complexity index is 80.6. The Morgan fingerprint density at radius 1 is 1.08 bits per heavy atom. The molecule has 0 saturated carbocycles. The Kier molecular flexibility index (Phi) is 8.88. The smallest absolute Gasteiger partial charge is 0.0443 e. The van der Waals surface area contributed by atoms with Gasteiger partial charge in [0.25, 0.3) is 0 Å². The van der Waals surface area contributed by atoms with Gasteiger partial charge in [-0.3, -0.25) is 4.90 Å². The molecule has 0 aliphatic heterocycles. The zero-order valence-electron chi connectivity index (χ0n) is 7.87. The Morgan fingerprint density at radius 3 is 1.92 bits per heavy atom. The van der Waals surface area contributed by atoms with Gasteiger partial charge in [-0.2, -0.15) is 0 Å². The molecule has 0 fully saturated rings. The normalized spacial score (nSPS) is 11.0. The van der Waals surface area contributed by atoms with Gasteiger partial charge in [0.15, 0.2) is 0 Å². The summed E-state index contributed by atoms with van der Waals surface area (Å²) in [5.41, 5.74) is 0. The Labute approximate surface area is 75.0 Å². The summed E-state index contributed by atoms with van der Waals surface area (Å²) in [7, 11) is 0. The van der Waals surface area contributed by atoms with Gasteiger partial charge >= 0.3 is 0 Å². The van der Waals surface area contributed by atoms with Crippen LogP contribution < -0.4 is 0 Å². The molecule has 0 amide bonds. The van der Waals surface area contributed by atoms with Gasteiger partial charge in [-0.05, 0) is 19.3 Å². The van der Waals surface area contributed by atoms with Crippen LogP contribution in [0.2, 0.25) is 0 Å². The monoisotopic (exact) mass is 174 g/mol. The summed E-state index contributed by atoms with van der Waals surface area (Å²) >= 11 is 0. The third kappa shape index (κ3) is 6.58. The van der Waals surface area contributed by atoms with Crippen molar-refractivity contribution in [1.82, 2.24) is 4.90 Å². The first-order valence-electron chi connectivity index (χ1n) is 4.64. The number of aliphatic hydroxyl groups is 2. The van der Waals surface area contributed by atoms with Crippen molar-refractivity contribution < 1.29 is 10.2 Å². The lowest BCUT2D eigenvalue weighted by Crippen LogP contribution is -2.24. The quantitative estimate of drug-likeness (QED) is 0.567. The zero-order chi connectivity index (χ0) is 9.23. The summed E-state index contributed by atoms with van der Waals surface area (Å²) in [6.07, 6.45) is 2.63. The van der Waals surface area contributed by atoms with E-state index in [4.69, 9.17) is 10.2 Å². The van der Waals surface area contributed by atoms with Gasteiger partial charge in [0.2, 0.25) is 0 Å². The van der Waals surface area contributed by atoms with Crippen LogP contribution in [0, 0.1) is 6.54 Å². The third-order valence-corrected chi connectivity index (χ3v) is 1.65. The molecule has 0 heterocycles. The molecule has 3 nitrogen and oxygen atoms in total. The second-order valence-electron chi connectivity index (χ2n) is 2.78. The molecular weight excluding hydrogens is 154 g/mol. The van der Waals surface area contributed by atoms with Gasteiger partial charge < -0.3 is 10.2 Å². The fraction of sp³-hybridized carbons (Fsp3) is 0.889. The van der Waals surface area contributed by atoms with Crippen molar-refractivity contribution in [2.75, 3.05) is 26.3 Å². The Hall–Kier alpha value is -0.120. The highest BCUT2D eigenvalue weighted by molar-refractivity contribution is 4.66. The average Bonchev–Trinajstić information content (AvgIpc) is 2.10. The minimum atomic E-state index is 0.243. The lowest BCUT2D eigenvalue weighted by molar-refractivity contribution is 0.223. The van der Waals surface area contributed by atoms with Crippen LogP contribution in [0.1, 0.15) is 26.2 Å². The van der Waals surface area contributed by atoms with E-state index < -0.39 is 0 Å². The van der Waals surface area contributed by atoms with Crippen LogP contribution in [0.4, 0.5) is 0 Å². The highest BCUT2D eigenvalue weighted by atomic mass is 16.3. The van der Waals surface area contributed by atoms with Crippen LogP contribution in [-0.4, -0.2) is 41.4 Å². The predicted molar refractivity (Wildman–Crippen MR) is 49.6 cm³/mol. The maximum absolute atomic E-state index is 8.62. The topological polar surface area (TPSA) is 43.7 Å². The standard InChI is InChI=1S/C9H20NO2/c1-2-5-10(6-3-8-11)7-4-9-12/h5,11-12H,2-4,6-9H2,1H3. The van der Waals surface area contributed by atoms with Gasteiger partial charge in [0.05, 0.1) is 0 Å². The molecule has 0 aromatic carbocycles. The fourth-order valence-electron chi connectivity index (χ4n) is 1.10. The van der Waals surface area contributed by atoms with E-state index in [0.29, 0.717) is 0 Å². The van der Waals surface area contributed by atoms with Crippen molar-refractivity contribution in [1.29, 1.82) is 0 Å². The number of aliphatic hydroxyl groups excluding tert-OH is 2. The molecule has 0 aliphatic rings. The van der Waals surface area contributed by atoms with Gasteiger partial charge in [-0.25, -0.2) is 0 Å². The molecule has 0 aliphatic carbocycles. The lowest BCUT2D eigenvalue weighted by Gasteiger charge is -2.19. The zero-order valence-corrected chi connectivity index (χ0v) is 7.87. The minimum absolute atomic E-state index is 0.243. The molecule has 0 saturated heterocycles. The van der Waals surface area contributed by atoms with E-state index in [1.165, 1.54) is 0 Å². The van der Waals surface area contributed by atoms with Crippen LogP contribution >= 0.6 is 0 Å². The first kappa shape index (κ1) is 11.9. The van der Waals surface area contributed by atoms with Crippen molar-refractivity contribution in [2.24, 2.45) is 0 Å². The molecule has 0 rings (SSSR count). The largest absolute Gasteiger partial charge is 0.396 e. The second kappa shape index (κ2) is 8.97. The molecule has 3 heteroatoms. The molecule has 12 heavy (non-hydrogen) atoms. The molecule has 0 spiro atoms. The summed E-state index contributed by atoms with van der Waals surface area (Å²) in [4.78, 5) is 2.16. The van der Waals surface area contributed by atoms with Crippen molar-refractivity contribution in [3.8, 4) is 0 Å². The fourth-order valence-corrected chi connectivity index (χ4v) is 1.10. The minimum Gasteiger partial charge on any atom is -0.396 e. The molecule has 0 unspecified atom stereocenters. The summed E-state index contributed by atoms with van der Waals surface area (Å²) in [5.74, 6) is 0.